The number of nitrogens with one attached hydrogen (secondary N) is 2. The molecule has 0 spiro atoms. The van der Waals surface area contributed by atoms with Crippen molar-refractivity contribution in [2.75, 3.05) is 0 Å². The van der Waals surface area contributed by atoms with Crippen molar-refractivity contribution >= 4 is 29.9 Å². The smallest absolute Gasteiger partial charge is 0.192 e. The maximum absolute atomic E-state index is 4.85. The molecule has 2 aromatic rings. The second-order valence-corrected chi connectivity index (χ2v) is 7.95. The summed E-state index contributed by atoms with van der Waals surface area (Å²) in [5.74, 6) is 4.45. The molecule has 1 fully saturated rings. The average molecular weight is 513 g/mol. The number of rotatable bonds is 4. The molecule has 3 heterocycles. The average Bonchev–Trinajstić information content (AvgIpc) is 3.23. The van der Waals surface area contributed by atoms with E-state index in [9.17, 15) is 0 Å². The summed E-state index contributed by atoms with van der Waals surface area (Å²) in [6, 6.07) is 0.607. The maximum Gasteiger partial charge on any atom is 0.192 e. The monoisotopic (exact) mass is 513 g/mol. The summed E-state index contributed by atoms with van der Waals surface area (Å²) in [4.78, 5) is 9.50. The zero-order valence-electron chi connectivity index (χ0n) is 17.6. The highest BCUT2D eigenvalue weighted by Gasteiger charge is 2.25. The maximum atomic E-state index is 4.85. The topological polar surface area (TPSA) is 97.8 Å². The van der Waals surface area contributed by atoms with Gasteiger partial charge < -0.3 is 15.2 Å². The predicted octanol–water partition coefficient (Wildman–Crippen LogP) is 2.54. The number of aromatic nitrogens is 6. The van der Waals surface area contributed by atoms with E-state index in [2.05, 4.69) is 30.9 Å². The highest BCUT2D eigenvalue weighted by molar-refractivity contribution is 14.0. The summed E-state index contributed by atoms with van der Waals surface area (Å²) in [7, 11) is 1.98. The second-order valence-electron chi connectivity index (χ2n) is 7.95. The van der Waals surface area contributed by atoms with Crippen LogP contribution in [0.2, 0.25) is 0 Å². The molecule has 0 aromatic carbocycles. The molecule has 0 amide bonds. The number of hydrogen-bond donors (Lipinski definition) is 2. The van der Waals surface area contributed by atoms with Gasteiger partial charge in [-0.3, -0.25) is 0 Å². The molecular weight excluding hydrogens is 481 g/mol. The first kappa shape index (κ1) is 22.0. The number of aryl methyl sites for hydroxylation is 3. The molecule has 1 saturated carbocycles. The molecule has 1 atom stereocenters. The van der Waals surface area contributed by atoms with E-state index in [0.29, 0.717) is 12.6 Å². The summed E-state index contributed by atoms with van der Waals surface area (Å²) in [5, 5.41) is 20.2. The number of hydrogen-bond acceptors (Lipinski definition) is 5. The fourth-order valence-electron chi connectivity index (χ4n) is 4.08. The van der Waals surface area contributed by atoms with Gasteiger partial charge in [0.2, 0.25) is 0 Å². The fraction of sp³-hybridized carbons (Fsp3) is 0.737. The third-order valence-corrected chi connectivity index (χ3v) is 5.80. The minimum Gasteiger partial charge on any atom is -0.354 e. The van der Waals surface area contributed by atoms with E-state index in [-0.39, 0.29) is 30.0 Å². The number of nitrogens with zero attached hydrogens (tertiary/aromatic N) is 7. The molecule has 0 saturated heterocycles. The normalized spacial score (nSPS) is 20.1. The minimum atomic E-state index is 0. The van der Waals surface area contributed by atoms with Gasteiger partial charge in [0.15, 0.2) is 11.8 Å². The Bertz CT molecular complexity index is 835. The van der Waals surface area contributed by atoms with Crippen LogP contribution in [0.1, 0.15) is 74.3 Å². The third-order valence-electron chi connectivity index (χ3n) is 5.80. The van der Waals surface area contributed by atoms with Crippen LogP contribution >= 0.6 is 24.0 Å². The van der Waals surface area contributed by atoms with Crippen molar-refractivity contribution < 1.29 is 0 Å². The van der Waals surface area contributed by atoms with Crippen molar-refractivity contribution in [3.63, 3.8) is 0 Å². The lowest BCUT2D eigenvalue weighted by Gasteiger charge is -2.29. The van der Waals surface area contributed by atoms with Gasteiger partial charge in [-0.15, -0.1) is 34.2 Å². The van der Waals surface area contributed by atoms with Crippen LogP contribution in [0.15, 0.2) is 4.99 Å². The SMILES string of the molecule is Cc1nc2n(n1)CCCC2NC(=NCc1nnc(C)n1C)NC1CCCCC1.I. The molecule has 29 heavy (non-hydrogen) atoms. The van der Waals surface area contributed by atoms with Gasteiger partial charge in [-0.2, -0.15) is 5.10 Å². The summed E-state index contributed by atoms with van der Waals surface area (Å²) >= 11 is 0. The van der Waals surface area contributed by atoms with E-state index in [1.54, 1.807) is 0 Å². The number of fused-ring (bicyclic) bond motifs is 1. The zero-order chi connectivity index (χ0) is 19.5. The van der Waals surface area contributed by atoms with Crippen molar-refractivity contribution in [3.05, 3.63) is 23.3 Å². The Morgan fingerprint density at radius 3 is 2.59 bits per heavy atom. The van der Waals surface area contributed by atoms with Crippen LogP contribution in [0.5, 0.6) is 0 Å². The van der Waals surface area contributed by atoms with Crippen molar-refractivity contribution in [1.29, 1.82) is 0 Å². The highest BCUT2D eigenvalue weighted by Crippen LogP contribution is 2.23. The summed E-state index contributed by atoms with van der Waals surface area (Å²) in [6.45, 7) is 5.35. The van der Waals surface area contributed by atoms with Gasteiger partial charge >= 0.3 is 0 Å². The Morgan fingerprint density at radius 1 is 1.07 bits per heavy atom. The van der Waals surface area contributed by atoms with Gasteiger partial charge in [-0.25, -0.2) is 14.7 Å². The van der Waals surface area contributed by atoms with Gasteiger partial charge in [-0.1, -0.05) is 19.3 Å². The Labute approximate surface area is 189 Å². The molecule has 4 rings (SSSR count). The van der Waals surface area contributed by atoms with Gasteiger partial charge in [0.25, 0.3) is 0 Å². The molecule has 160 valence electrons. The molecule has 10 heteroatoms. The first-order valence-corrected chi connectivity index (χ1v) is 10.4. The predicted molar refractivity (Wildman–Crippen MR) is 122 cm³/mol. The van der Waals surface area contributed by atoms with E-state index < -0.39 is 0 Å². The molecule has 0 bridgehead atoms. The Kier molecular flexibility index (Phi) is 7.47. The molecule has 0 radical (unpaired) electrons. The van der Waals surface area contributed by atoms with Crippen LogP contribution in [0.3, 0.4) is 0 Å². The van der Waals surface area contributed by atoms with Crippen LogP contribution in [-0.4, -0.2) is 41.5 Å². The first-order valence-electron chi connectivity index (χ1n) is 10.4. The lowest BCUT2D eigenvalue weighted by atomic mass is 9.96. The standard InChI is InChI=1S/C19H31N9.HI/c1-13-21-18-16(10-7-11-28(18)26-13)23-19(22-15-8-5-4-6-9-15)20-12-17-25-24-14(2)27(17)3;/h15-16H,4-12H2,1-3H3,(H2,20,22,23);1H. The van der Waals surface area contributed by atoms with Crippen LogP contribution in [0, 0.1) is 13.8 Å². The fourth-order valence-corrected chi connectivity index (χ4v) is 4.08. The summed E-state index contributed by atoms with van der Waals surface area (Å²) in [5.41, 5.74) is 0. The van der Waals surface area contributed by atoms with Crippen LogP contribution in [0.25, 0.3) is 0 Å². The minimum absolute atomic E-state index is 0. The molecule has 1 unspecified atom stereocenters. The lowest BCUT2D eigenvalue weighted by Crippen LogP contribution is -2.46. The molecular formula is C19H32IN9. The van der Waals surface area contributed by atoms with Gasteiger partial charge in [0, 0.05) is 19.6 Å². The van der Waals surface area contributed by atoms with Gasteiger partial charge in [0.1, 0.15) is 24.0 Å². The molecule has 2 N–H and O–H groups in total. The van der Waals surface area contributed by atoms with Crippen LogP contribution in [-0.2, 0) is 20.1 Å². The summed E-state index contributed by atoms with van der Waals surface area (Å²) in [6.07, 6.45) is 8.42. The zero-order valence-corrected chi connectivity index (χ0v) is 19.9. The Morgan fingerprint density at radius 2 is 1.86 bits per heavy atom. The molecule has 9 nitrogen and oxygen atoms in total. The Balaban J connectivity index is 0.00000240. The van der Waals surface area contributed by atoms with Crippen molar-refractivity contribution in [3.8, 4) is 0 Å². The van der Waals surface area contributed by atoms with Crippen LogP contribution in [0.4, 0.5) is 0 Å². The summed E-state index contributed by atoms with van der Waals surface area (Å²) < 4.78 is 4.02. The van der Waals surface area contributed by atoms with Crippen molar-refractivity contribution in [2.45, 2.75) is 84.0 Å². The van der Waals surface area contributed by atoms with E-state index in [1.165, 1.54) is 32.1 Å². The Hall–Kier alpha value is -1.72. The third kappa shape index (κ3) is 5.26. The van der Waals surface area contributed by atoms with Crippen LogP contribution < -0.4 is 10.6 Å². The molecule has 2 aliphatic rings. The number of aliphatic imine (C=N–C) groups is 1. The number of guanidine groups is 1. The van der Waals surface area contributed by atoms with E-state index in [4.69, 9.17) is 4.99 Å². The molecule has 1 aliphatic carbocycles. The van der Waals surface area contributed by atoms with E-state index in [0.717, 1.165) is 48.6 Å². The lowest BCUT2D eigenvalue weighted by molar-refractivity contribution is 0.383. The van der Waals surface area contributed by atoms with Gasteiger partial charge in [-0.05, 0) is 39.5 Å². The largest absolute Gasteiger partial charge is 0.354 e. The number of halogens is 1. The van der Waals surface area contributed by atoms with Crippen molar-refractivity contribution in [2.24, 2.45) is 12.0 Å². The quantitative estimate of drug-likeness (QED) is 0.371. The van der Waals surface area contributed by atoms with Crippen molar-refractivity contribution in [1.82, 2.24) is 40.2 Å². The van der Waals surface area contributed by atoms with E-state index in [1.807, 2.05) is 30.1 Å². The van der Waals surface area contributed by atoms with Gasteiger partial charge in [0.05, 0.1) is 6.04 Å². The van der Waals surface area contributed by atoms with E-state index >= 15 is 0 Å². The highest BCUT2D eigenvalue weighted by atomic mass is 127. The second kappa shape index (κ2) is 9.86. The molecule has 2 aromatic heterocycles. The first-order chi connectivity index (χ1) is 13.6. The molecule has 1 aliphatic heterocycles.